The van der Waals surface area contributed by atoms with Gasteiger partial charge in [-0.2, -0.15) is 0 Å². The summed E-state index contributed by atoms with van der Waals surface area (Å²) in [6.07, 6.45) is 2.35. The van der Waals surface area contributed by atoms with Crippen molar-refractivity contribution in [2.45, 2.75) is 32.7 Å². The molecule has 0 spiro atoms. The molecule has 1 aromatic rings. The summed E-state index contributed by atoms with van der Waals surface area (Å²) in [5.41, 5.74) is 1.05. The van der Waals surface area contributed by atoms with E-state index in [0.717, 1.165) is 22.3 Å². The summed E-state index contributed by atoms with van der Waals surface area (Å²) in [5, 5.41) is 3.45. The summed E-state index contributed by atoms with van der Waals surface area (Å²) in [4.78, 5) is 0. The molecule has 1 aromatic carbocycles. The van der Waals surface area contributed by atoms with E-state index in [1.807, 2.05) is 18.2 Å². The van der Waals surface area contributed by atoms with Crippen LogP contribution in [0.2, 0.25) is 0 Å². The molecule has 84 valence electrons. The molecule has 0 aromatic heterocycles. The van der Waals surface area contributed by atoms with E-state index in [2.05, 4.69) is 35.1 Å². The van der Waals surface area contributed by atoms with Crippen molar-refractivity contribution in [2.24, 2.45) is 0 Å². The zero-order valence-corrected chi connectivity index (χ0v) is 11.1. The third kappa shape index (κ3) is 3.74. The molecule has 1 rings (SSSR count). The Bertz CT molecular complexity index is 314. The molecular weight excluding hydrogens is 254 g/mol. The Kier molecular flexibility index (Phi) is 4.95. The lowest BCUT2D eigenvalue weighted by atomic mass is 10.2. The first kappa shape index (κ1) is 12.4. The number of halogens is 1. The number of nitrogens with one attached hydrogen (secondary N) is 1. The maximum Gasteiger partial charge on any atom is 0.142 e. The molecule has 1 unspecified atom stereocenters. The van der Waals surface area contributed by atoms with Crippen LogP contribution >= 0.6 is 15.9 Å². The number of methoxy groups -OCH3 is 1. The minimum atomic E-state index is 0.471. The molecule has 0 saturated heterocycles. The van der Waals surface area contributed by atoms with Gasteiger partial charge in [0.2, 0.25) is 0 Å². The molecule has 0 amide bonds. The molecule has 0 radical (unpaired) electrons. The Morgan fingerprint density at radius 2 is 2.20 bits per heavy atom. The number of anilines is 1. The van der Waals surface area contributed by atoms with E-state index in [9.17, 15) is 0 Å². The fourth-order valence-electron chi connectivity index (χ4n) is 1.56. The second-order valence-corrected chi connectivity index (χ2v) is 4.59. The summed E-state index contributed by atoms with van der Waals surface area (Å²) >= 11 is 3.46. The van der Waals surface area contributed by atoms with Crippen LogP contribution in [0, 0.1) is 0 Å². The lowest BCUT2D eigenvalue weighted by Crippen LogP contribution is -2.15. The van der Waals surface area contributed by atoms with Crippen LogP contribution in [0.4, 0.5) is 5.69 Å². The van der Waals surface area contributed by atoms with Gasteiger partial charge in [-0.05, 0) is 31.5 Å². The van der Waals surface area contributed by atoms with Crippen LogP contribution in [0.1, 0.15) is 26.7 Å². The minimum absolute atomic E-state index is 0.471. The molecular formula is C12H18BrNO. The lowest BCUT2D eigenvalue weighted by molar-refractivity contribution is 0.416. The Balaban J connectivity index is 2.77. The van der Waals surface area contributed by atoms with Crippen molar-refractivity contribution in [3.63, 3.8) is 0 Å². The van der Waals surface area contributed by atoms with E-state index in [0.29, 0.717) is 6.04 Å². The van der Waals surface area contributed by atoms with Crippen molar-refractivity contribution in [3.8, 4) is 5.75 Å². The fraction of sp³-hybridized carbons (Fsp3) is 0.500. The van der Waals surface area contributed by atoms with Gasteiger partial charge in [-0.3, -0.25) is 0 Å². The lowest BCUT2D eigenvalue weighted by Gasteiger charge is -2.17. The molecule has 15 heavy (non-hydrogen) atoms. The maximum atomic E-state index is 5.30. The minimum Gasteiger partial charge on any atom is -0.495 e. The van der Waals surface area contributed by atoms with E-state index in [-0.39, 0.29) is 0 Å². The van der Waals surface area contributed by atoms with Crippen LogP contribution in [-0.4, -0.2) is 13.2 Å². The Labute approximate surface area is 100 Å². The molecule has 1 N–H and O–H groups in total. The molecule has 3 heteroatoms. The predicted octanol–water partition coefficient (Wildman–Crippen LogP) is 4.06. The molecule has 0 fully saturated rings. The van der Waals surface area contributed by atoms with Gasteiger partial charge >= 0.3 is 0 Å². The van der Waals surface area contributed by atoms with E-state index in [4.69, 9.17) is 4.74 Å². The van der Waals surface area contributed by atoms with Crippen LogP contribution in [0.25, 0.3) is 0 Å². The third-order valence-electron chi connectivity index (χ3n) is 2.29. The normalized spacial score (nSPS) is 12.3. The molecule has 0 bridgehead atoms. The first-order valence-electron chi connectivity index (χ1n) is 5.27. The van der Waals surface area contributed by atoms with Gasteiger partial charge in [0.1, 0.15) is 5.75 Å². The summed E-state index contributed by atoms with van der Waals surface area (Å²) in [5.74, 6) is 0.890. The van der Waals surface area contributed by atoms with Crippen LogP contribution in [0.15, 0.2) is 22.7 Å². The van der Waals surface area contributed by atoms with Gasteiger partial charge < -0.3 is 10.1 Å². The van der Waals surface area contributed by atoms with Gasteiger partial charge in [0.25, 0.3) is 0 Å². The first-order chi connectivity index (χ1) is 7.17. The quantitative estimate of drug-likeness (QED) is 0.872. The number of rotatable bonds is 5. The van der Waals surface area contributed by atoms with Gasteiger partial charge in [-0.1, -0.05) is 29.3 Å². The molecule has 0 aliphatic rings. The van der Waals surface area contributed by atoms with Crippen LogP contribution < -0.4 is 10.1 Å². The summed E-state index contributed by atoms with van der Waals surface area (Å²) < 4.78 is 6.36. The van der Waals surface area contributed by atoms with Crippen LogP contribution in [-0.2, 0) is 0 Å². The van der Waals surface area contributed by atoms with Gasteiger partial charge in [0.05, 0.1) is 12.8 Å². The second kappa shape index (κ2) is 6.01. The van der Waals surface area contributed by atoms with Gasteiger partial charge in [0.15, 0.2) is 0 Å². The Morgan fingerprint density at radius 1 is 1.47 bits per heavy atom. The highest BCUT2D eigenvalue weighted by Crippen LogP contribution is 2.28. The van der Waals surface area contributed by atoms with E-state index < -0.39 is 0 Å². The van der Waals surface area contributed by atoms with E-state index in [1.165, 1.54) is 6.42 Å². The topological polar surface area (TPSA) is 21.3 Å². The van der Waals surface area contributed by atoms with Gasteiger partial charge in [-0.15, -0.1) is 0 Å². The van der Waals surface area contributed by atoms with E-state index >= 15 is 0 Å². The average molecular weight is 272 g/mol. The van der Waals surface area contributed by atoms with Gasteiger partial charge in [-0.25, -0.2) is 0 Å². The van der Waals surface area contributed by atoms with Crippen LogP contribution in [0.3, 0.4) is 0 Å². The SMILES string of the molecule is CCCC(C)Nc1cc(Br)ccc1OC. The molecule has 0 aliphatic heterocycles. The largest absolute Gasteiger partial charge is 0.495 e. The number of benzene rings is 1. The first-order valence-corrected chi connectivity index (χ1v) is 6.06. The number of ether oxygens (including phenoxy) is 1. The van der Waals surface area contributed by atoms with E-state index in [1.54, 1.807) is 7.11 Å². The van der Waals surface area contributed by atoms with Crippen molar-refractivity contribution in [2.75, 3.05) is 12.4 Å². The molecule has 0 saturated carbocycles. The third-order valence-corrected chi connectivity index (χ3v) is 2.78. The highest BCUT2D eigenvalue weighted by Gasteiger charge is 2.06. The molecule has 1 atom stereocenters. The Morgan fingerprint density at radius 3 is 2.80 bits per heavy atom. The van der Waals surface area contributed by atoms with Gasteiger partial charge in [0, 0.05) is 10.5 Å². The van der Waals surface area contributed by atoms with Crippen molar-refractivity contribution in [1.29, 1.82) is 0 Å². The fourth-order valence-corrected chi connectivity index (χ4v) is 1.92. The monoisotopic (exact) mass is 271 g/mol. The standard InChI is InChI=1S/C12H18BrNO/c1-4-5-9(2)14-11-8-10(13)6-7-12(11)15-3/h6-9,14H,4-5H2,1-3H3. The smallest absolute Gasteiger partial charge is 0.142 e. The maximum absolute atomic E-state index is 5.30. The van der Waals surface area contributed by atoms with Crippen molar-refractivity contribution in [1.82, 2.24) is 0 Å². The molecule has 2 nitrogen and oxygen atoms in total. The van der Waals surface area contributed by atoms with Crippen LogP contribution in [0.5, 0.6) is 5.75 Å². The van der Waals surface area contributed by atoms with Crippen molar-refractivity contribution < 1.29 is 4.74 Å². The van der Waals surface area contributed by atoms with Crippen molar-refractivity contribution in [3.05, 3.63) is 22.7 Å². The summed E-state index contributed by atoms with van der Waals surface area (Å²) in [7, 11) is 1.69. The average Bonchev–Trinajstić information content (AvgIpc) is 2.18. The highest BCUT2D eigenvalue weighted by molar-refractivity contribution is 9.10. The summed E-state index contributed by atoms with van der Waals surface area (Å²) in [6, 6.07) is 6.46. The molecule has 0 heterocycles. The number of hydrogen-bond donors (Lipinski definition) is 1. The highest BCUT2D eigenvalue weighted by atomic mass is 79.9. The zero-order valence-electron chi connectivity index (χ0n) is 9.51. The zero-order chi connectivity index (χ0) is 11.3. The number of hydrogen-bond acceptors (Lipinski definition) is 2. The second-order valence-electron chi connectivity index (χ2n) is 3.68. The Hall–Kier alpha value is -0.700. The molecule has 0 aliphatic carbocycles. The summed E-state index contributed by atoms with van der Waals surface area (Å²) in [6.45, 7) is 4.38. The van der Waals surface area contributed by atoms with Crippen molar-refractivity contribution >= 4 is 21.6 Å². The predicted molar refractivity (Wildman–Crippen MR) is 68.7 cm³/mol.